The lowest BCUT2D eigenvalue weighted by atomic mass is 10.1. The van der Waals surface area contributed by atoms with Crippen LogP contribution in [0.2, 0.25) is 0 Å². The van der Waals surface area contributed by atoms with E-state index >= 15 is 0 Å². The Morgan fingerprint density at radius 2 is 2.19 bits per heavy atom. The van der Waals surface area contributed by atoms with Crippen molar-refractivity contribution in [3.05, 3.63) is 25.9 Å². The van der Waals surface area contributed by atoms with E-state index in [9.17, 15) is 14.9 Å². The molecule has 1 aliphatic rings. The summed E-state index contributed by atoms with van der Waals surface area (Å²) in [7, 11) is 1.79. The molecule has 0 spiro atoms. The molecule has 1 fully saturated rings. The molecule has 3 rings (SSSR count). The SMILES string of the molecule is Cn1cc2c(N3CC[C@@H](NC(=O)OC(C)(C)C)C3)c([N+](=O)[O-])cc(I)c2n1. The summed E-state index contributed by atoms with van der Waals surface area (Å²) >= 11 is 2.07. The van der Waals surface area contributed by atoms with E-state index in [1.54, 1.807) is 24.0 Å². The van der Waals surface area contributed by atoms with Crippen LogP contribution < -0.4 is 10.2 Å². The van der Waals surface area contributed by atoms with Gasteiger partial charge in [-0.3, -0.25) is 14.8 Å². The van der Waals surface area contributed by atoms with Gasteiger partial charge < -0.3 is 15.0 Å². The van der Waals surface area contributed by atoms with Crippen LogP contribution in [0.4, 0.5) is 16.2 Å². The number of amides is 1. The summed E-state index contributed by atoms with van der Waals surface area (Å²) < 4.78 is 7.70. The van der Waals surface area contributed by atoms with Crippen molar-refractivity contribution in [2.24, 2.45) is 7.05 Å². The van der Waals surface area contributed by atoms with Gasteiger partial charge in [-0.2, -0.15) is 5.10 Å². The molecule has 9 nitrogen and oxygen atoms in total. The van der Waals surface area contributed by atoms with Gasteiger partial charge in [-0.05, 0) is 49.8 Å². The second-order valence-corrected chi connectivity index (χ2v) is 8.79. The smallest absolute Gasteiger partial charge is 0.407 e. The molecule has 1 N–H and O–H groups in total. The van der Waals surface area contributed by atoms with Crippen LogP contribution in [-0.2, 0) is 11.8 Å². The highest BCUT2D eigenvalue weighted by molar-refractivity contribution is 14.1. The summed E-state index contributed by atoms with van der Waals surface area (Å²) in [6.07, 6.45) is 2.01. The van der Waals surface area contributed by atoms with Crippen molar-refractivity contribution < 1.29 is 14.5 Å². The lowest BCUT2D eigenvalue weighted by Crippen LogP contribution is -2.40. The first-order chi connectivity index (χ1) is 12.5. The summed E-state index contributed by atoms with van der Waals surface area (Å²) in [5, 5.41) is 19.7. The van der Waals surface area contributed by atoms with Crippen LogP contribution in [0.25, 0.3) is 10.9 Å². The van der Waals surface area contributed by atoms with Gasteiger partial charge >= 0.3 is 6.09 Å². The van der Waals surface area contributed by atoms with E-state index in [4.69, 9.17) is 4.74 Å². The third-order valence-corrected chi connectivity index (χ3v) is 5.06. The number of alkyl carbamates (subject to hydrolysis) is 1. The first-order valence-corrected chi connectivity index (χ1v) is 9.68. The highest BCUT2D eigenvalue weighted by Gasteiger charge is 2.32. The summed E-state index contributed by atoms with van der Waals surface area (Å²) in [4.78, 5) is 25.3. The highest BCUT2D eigenvalue weighted by atomic mass is 127. The molecule has 0 radical (unpaired) electrons. The lowest BCUT2D eigenvalue weighted by molar-refractivity contribution is -0.384. The van der Waals surface area contributed by atoms with E-state index in [-0.39, 0.29) is 16.7 Å². The fourth-order valence-corrected chi connectivity index (χ4v) is 3.95. The Balaban J connectivity index is 1.88. The lowest BCUT2D eigenvalue weighted by Gasteiger charge is -2.22. The van der Waals surface area contributed by atoms with Crippen LogP contribution >= 0.6 is 22.6 Å². The summed E-state index contributed by atoms with van der Waals surface area (Å²) in [5.41, 5.74) is 0.774. The van der Waals surface area contributed by atoms with Gasteiger partial charge in [-0.25, -0.2) is 4.79 Å². The minimum Gasteiger partial charge on any atom is -0.444 e. The highest BCUT2D eigenvalue weighted by Crippen LogP contribution is 2.39. The maximum atomic E-state index is 12.0. The number of aromatic nitrogens is 2. The van der Waals surface area contributed by atoms with E-state index in [2.05, 4.69) is 33.0 Å². The number of nitro benzene ring substituents is 1. The van der Waals surface area contributed by atoms with Crippen LogP contribution in [0.5, 0.6) is 0 Å². The molecule has 0 aliphatic carbocycles. The number of hydrogen-bond acceptors (Lipinski definition) is 6. The van der Waals surface area contributed by atoms with Crippen molar-refractivity contribution in [1.29, 1.82) is 0 Å². The predicted molar refractivity (Wildman–Crippen MR) is 110 cm³/mol. The topological polar surface area (TPSA) is 103 Å². The fourth-order valence-electron chi connectivity index (χ4n) is 3.26. The molecule has 1 aromatic heterocycles. The summed E-state index contributed by atoms with van der Waals surface area (Å²) in [5.74, 6) is 0. The van der Waals surface area contributed by atoms with Crippen LogP contribution in [-0.4, -0.2) is 45.5 Å². The Hall–Kier alpha value is -2.11. The standard InChI is InChI=1S/C17H22IN5O4/c1-17(2,3)27-16(24)19-10-5-6-22(8-10)15-11-9-21(4)20-14(11)12(18)7-13(15)23(25)26/h7,9-10H,5-6,8H2,1-4H3,(H,19,24)/t10-/m1/s1. The van der Waals surface area contributed by atoms with Gasteiger partial charge in [0.25, 0.3) is 5.69 Å². The average molecular weight is 487 g/mol. The number of carbonyl (C=O) groups excluding carboxylic acids is 1. The zero-order valence-corrected chi connectivity index (χ0v) is 17.8. The number of rotatable bonds is 3. The van der Waals surface area contributed by atoms with Gasteiger partial charge in [0.2, 0.25) is 0 Å². The number of ether oxygens (including phenoxy) is 1. The number of anilines is 1. The first-order valence-electron chi connectivity index (χ1n) is 8.60. The molecule has 0 unspecified atom stereocenters. The normalized spacial score (nSPS) is 17.4. The molecule has 1 atom stereocenters. The van der Waals surface area contributed by atoms with Gasteiger partial charge in [0.15, 0.2) is 0 Å². The monoisotopic (exact) mass is 487 g/mol. The van der Waals surface area contributed by atoms with Crippen LogP contribution in [0, 0.1) is 13.7 Å². The van der Waals surface area contributed by atoms with Crippen molar-refractivity contribution >= 4 is 51.0 Å². The maximum Gasteiger partial charge on any atom is 0.407 e. The Morgan fingerprint density at radius 3 is 2.81 bits per heavy atom. The van der Waals surface area contributed by atoms with Gasteiger partial charge in [-0.15, -0.1) is 0 Å². The van der Waals surface area contributed by atoms with Gasteiger partial charge in [0, 0.05) is 36.0 Å². The number of nitro groups is 1. The number of benzene rings is 1. The second kappa shape index (κ2) is 7.13. The molecule has 27 heavy (non-hydrogen) atoms. The van der Waals surface area contributed by atoms with Gasteiger partial charge in [0.05, 0.1) is 16.4 Å². The zero-order valence-electron chi connectivity index (χ0n) is 15.7. The van der Waals surface area contributed by atoms with Crippen molar-refractivity contribution in [1.82, 2.24) is 15.1 Å². The van der Waals surface area contributed by atoms with Crippen LogP contribution in [0.3, 0.4) is 0 Å². The van der Waals surface area contributed by atoms with Crippen molar-refractivity contribution in [2.45, 2.75) is 38.8 Å². The summed E-state index contributed by atoms with van der Waals surface area (Å²) in [6, 6.07) is 1.42. The zero-order chi connectivity index (χ0) is 19.9. The molecule has 2 aromatic rings. The first kappa shape index (κ1) is 19.6. The van der Waals surface area contributed by atoms with E-state index in [0.29, 0.717) is 25.2 Å². The van der Waals surface area contributed by atoms with Gasteiger partial charge in [0.1, 0.15) is 16.8 Å². The molecule has 10 heteroatoms. The number of hydrogen-bond donors (Lipinski definition) is 1. The Kier molecular flexibility index (Phi) is 5.19. The number of nitrogens with one attached hydrogen (secondary N) is 1. The van der Waals surface area contributed by atoms with E-state index in [1.165, 1.54) is 0 Å². The van der Waals surface area contributed by atoms with Crippen LogP contribution in [0.15, 0.2) is 12.3 Å². The molecule has 0 bridgehead atoms. The van der Waals surface area contributed by atoms with Crippen LogP contribution in [0.1, 0.15) is 27.2 Å². The number of nitrogens with zero attached hydrogens (tertiary/aromatic N) is 4. The molecular weight excluding hydrogens is 465 g/mol. The number of carbonyl (C=O) groups is 1. The molecule has 0 saturated carbocycles. The number of fused-ring (bicyclic) bond motifs is 1. The minimum atomic E-state index is -0.570. The quantitative estimate of drug-likeness (QED) is 0.406. The Morgan fingerprint density at radius 1 is 1.48 bits per heavy atom. The third-order valence-electron chi connectivity index (χ3n) is 4.24. The van der Waals surface area contributed by atoms with E-state index < -0.39 is 11.7 Å². The maximum absolute atomic E-state index is 12.0. The second-order valence-electron chi connectivity index (χ2n) is 7.63. The Bertz CT molecular complexity index is 905. The number of halogens is 1. The van der Waals surface area contributed by atoms with Crippen molar-refractivity contribution in [2.75, 3.05) is 18.0 Å². The number of aryl methyl sites for hydroxylation is 1. The fraction of sp³-hybridized carbons (Fsp3) is 0.529. The molecule has 1 aromatic carbocycles. The largest absolute Gasteiger partial charge is 0.444 e. The van der Waals surface area contributed by atoms with Gasteiger partial charge in [-0.1, -0.05) is 0 Å². The van der Waals surface area contributed by atoms with Crippen molar-refractivity contribution in [3.8, 4) is 0 Å². The average Bonchev–Trinajstić information content (AvgIpc) is 3.11. The Labute approximate surface area is 170 Å². The predicted octanol–water partition coefficient (Wildman–Crippen LogP) is 3.19. The van der Waals surface area contributed by atoms with E-state index in [1.807, 2.05) is 25.7 Å². The molecular formula is C17H22IN5O4. The van der Waals surface area contributed by atoms with E-state index in [0.717, 1.165) is 14.5 Å². The van der Waals surface area contributed by atoms with Crippen molar-refractivity contribution in [3.63, 3.8) is 0 Å². The molecule has 2 heterocycles. The minimum absolute atomic E-state index is 0.0535. The molecule has 1 aliphatic heterocycles. The molecule has 1 saturated heterocycles. The molecule has 1 amide bonds. The third kappa shape index (κ3) is 4.25. The molecule has 146 valence electrons. The summed E-state index contributed by atoms with van der Waals surface area (Å²) in [6.45, 7) is 6.50.